The highest BCUT2D eigenvalue weighted by atomic mass is 32.2. The fraction of sp³-hybridized carbons (Fsp3) is 0.750. The standard InChI is InChI=1S/C12H23NO4S/c1-8(2)10(9(3)4)11(14)13-12(5,6)7-18(15,16)17/h8H,7H2,1-6H3,(H,13,14)(H,15,16,17). The molecule has 0 radical (unpaired) electrons. The van der Waals surface area contributed by atoms with Gasteiger partial charge in [-0.25, -0.2) is 0 Å². The lowest BCUT2D eigenvalue weighted by Crippen LogP contribution is -2.49. The first-order valence-corrected chi connectivity index (χ1v) is 7.41. The Kier molecular flexibility index (Phi) is 5.55. The smallest absolute Gasteiger partial charge is 0.267 e. The Balaban J connectivity index is 5.02. The number of allylic oxidation sites excluding steroid dienone is 1. The van der Waals surface area contributed by atoms with E-state index in [9.17, 15) is 13.2 Å². The number of hydrogen-bond acceptors (Lipinski definition) is 3. The predicted octanol–water partition coefficient (Wildman–Crippen LogP) is 1.76. The maximum atomic E-state index is 12.1. The Hall–Kier alpha value is -0.880. The van der Waals surface area contributed by atoms with Crippen molar-refractivity contribution in [3.63, 3.8) is 0 Å². The normalized spacial score (nSPS) is 12.4. The zero-order chi connectivity index (χ0) is 14.7. The lowest BCUT2D eigenvalue weighted by molar-refractivity contribution is -0.119. The Morgan fingerprint density at radius 3 is 2.00 bits per heavy atom. The molecule has 0 saturated carbocycles. The van der Waals surface area contributed by atoms with Gasteiger partial charge >= 0.3 is 0 Å². The minimum atomic E-state index is -4.12. The third kappa shape index (κ3) is 6.16. The minimum absolute atomic E-state index is 0.0523. The molecule has 0 aromatic carbocycles. The summed E-state index contributed by atoms with van der Waals surface area (Å²) in [5.41, 5.74) is 0.517. The lowest BCUT2D eigenvalue weighted by atomic mass is 9.96. The van der Waals surface area contributed by atoms with Crippen LogP contribution in [0.5, 0.6) is 0 Å². The Morgan fingerprint density at radius 2 is 1.72 bits per heavy atom. The number of hydrogen-bond donors (Lipinski definition) is 2. The molecule has 0 heterocycles. The van der Waals surface area contributed by atoms with Crippen molar-refractivity contribution in [3.05, 3.63) is 11.1 Å². The van der Waals surface area contributed by atoms with E-state index in [0.29, 0.717) is 5.57 Å². The fourth-order valence-corrected chi connectivity index (χ4v) is 2.92. The molecule has 0 bridgehead atoms. The third-order valence-corrected chi connectivity index (χ3v) is 3.44. The summed E-state index contributed by atoms with van der Waals surface area (Å²) >= 11 is 0. The van der Waals surface area contributed by atoms with Gasteiger partial charge in [-0.05, 0) is 33.6 Å². The van der Waals surface area contributed by atoms with Gasteiger partial charge in [0.05, 0.1) is 11.3 Å². The maximum Gasteiger partial charge on any atom is 0.267 e. The number of carbonyl (C=O) groups excluding carboxylic acids is 1. The Labute approximate surface area is 109 Å². The van der Waals surface area contributed by atoms with Gasteiger partial charge < -0.3 is 5.32 Å². The monoisotopic (exact) mass is 277 g/mol. The molecule has 2 N–H and O–H groups in total. The van der Waals surface area contributed by atoms with Crippen LogP contribution < -0.4 is 5.32 Å². The van der Waals surface area contributed by atoms with E-state index in [2.05, 4.69) is 5.32 Å². The fourth-order valence-electron chi connectivity index (χ4n) is 1.93. The van der Waals surface area contributed by atoms with E-state index < -0.39 is 21.4 Å². The summed E-state index contributed by atoms with van der Waals surface area (Å²) in [4.78, 5) is 12.1. The van der Waals surface area contributed by atoms with E-state index in [1.807, 2.05) is 27.7 Å². The van der Waals surface area contributed by atoms with Crippen LogP contribution in [-0.4, -0.2) is 30.2 Å². The van der Waals surface area contributed by atoms with E-state index in [1.165, 1.54) is 0 Å². The SMILES string of the molecule is CC(C)=C(C(=O)NC(C)(C)CS(=O)(=O)O)C(C)C. The highest BCUT2D eigenvalue weighted by Gasteiger charge is 2.28. The second-order valence-corrected chi connectivity index (χ2v) is 7.09. The number of rotatable bonds is 5. The quantitative estimate of drug-likeness (QED) is 0.592. The van der Waals surface area contributed by atoms with E-state index in [-0.39, 0.29) is 11.8 Å². The molecule has 0 saturated heterocycles. The first-order chi connectivity index (χ1) is 7.86. The molecule has 0 atom stereocenters. The van der Waals surface area contributed by atoms with Gasteiger partial charge in [0, 0.05) is 5.57 Å². The van der Waals surface area contributed by atoms with Crippen LogP contribution in [-0.2, 0) is 14.9 Å². The van der Waals surface area contributed by atoms with Crippen molar-refractivity contribution in [2.24, 2.45) is 5.92 Å². The predicted molar refractivity (Wildman–Crippen MR) is 71.8 cm³/mol. The van der Waals surface area contributed by atoms with Gasteiger partial charge in [-0.2, -0.15) is 8.42 Å². The zero-order valence-corrected chi connectivity index (χ0v) is 12.7. The highest BCUT2D eigenvalue weighted by Crippen LogP contribution is 2.16. The van der Waals surface area contributed by atoms with Crippen LogP contribution >= 0.6 is 0 Å². The molecule has 0 unspecified atom stereocenters. The van der Waals surface area contributed by atoms with Gasteiger partial charge in [-0.15, -0.1) is 0 Å². The van der Waals surface area contributed by atoms with Crippen LogP contribution in [0.1, 0.15) is 41.5 Å². The van der Waals surface area contributed by atoms with Gasteiger partial charge in [0.1, 0.15) is 0 Å². The second-order valence-electron chi connectivity index (χ2n) is 5.63. The van der Waals surface area contributed by atoms with Crippen molar-refractivity contribution in [2.75, 3.05) is 5.75 Å². The van der Waals surface area contributed by atoms with Crippen molar-refractivity contribution < 1.29 is 17.8 Å². The number of nitrogens with one attached hydrogen (secondary N) is 1. The first kappa shape index (κ1) is 17.1. The van der Waals surface area contributed by atoms with Gasteiger partial charge in [-0.1, -0.05) is 19.4 Å². The molecule has 106 valence electrons. The van der Waals surface area contributed by atoms with E-state index >= 15 is 0 Å². The van der Waals surface area contributed by atoms with Gasteiger partial charge in [0.25, 0.3) is 10.1 Å². The lowest BCUT2D eigenvalue weighted by Gasteiger charge is -2.26. The molecule has 5 nitrogen and oxygen atoms in total. The van der Waals surface area contributed by atoms with Crippen LogP contribution in [0.4, 0.5) is 0 Å². The van der Waals surface area contributed by atoms with Crippen LogP contribution in [0, 0.1) is 5.92 Å². The Morgan fingerprint density at radius 1 is 1.28 bits per heavy atom. The van der Waals surface area contributed by atoms with Crippen LogP contribution in [0.2, 0.25) is 0 Å². The maximum absolute atomic E-state index is 12.1. The molecule has 0 spiro atoms. The molecule has 6 heteroatoms. The average molecular weight is 277 g/mol. The second kappa shape index (κ2) is 5.84. The largest absolute Gasteiger partial charge is 0.346 e. The summed E-state index contributed by atoms with van der Waals surface area (Å²) in [6.07, 6.45) is 0. The number of amides is 1. The molecule has 18 heavy (non-hydrogen) atoms. The summed E-state index contributed by atoms with van der Waals surface area (Å²) in [5, 5.41) is 2.64. The first-order valence-electron chi connectivity index (χ1n) is 5.81. The van der Waals surface area contributed by atoms with Gasteiger partial charge in [-0.3, -0.25) is 9.35 Å². The topological polar surface area (TPSA) is 83.5 Å². The molecule has 0 fully saturated rings. The van der Waals surface area contributed by atoms with Crippen molar-refractivity contribution in [3.8, 4) is 0 Å². The number of carbonyl (C=O) groups is 1. The molecule has 0 rings (SSSR count). The Bertz CT molecular complexity index is 443. The molecule has 0 aliphatic heterocycles. The molecule has 0 aromatic rings. The zero-order valence-electron chi connectivity index (χ0n) is 11.9. The molecular weight excluding hydrogens is 254 g/mol. The minimum Gasteiger partial charge on any atom is -0.346 e. The van der Waals surface area contributed by atoms with E-state index in [0.717, 1.165) is 5.57 Å². The highest BCUT2D eigenvalue weighted by molar-refractivity contribution is 7.85. The van der Waals surface area contributed by atoms with Crippen molar-refractivity contribution in [1.82, 2.24) is 5.32 Å². The van der Waals surface area contributed by atoms with Crippen LogP contribution in [0.25, 0.3) is 0 Å². The van der Waals surface area contributed by atoms with Crippen LogP contribution in [0.3, 0.4) is 0 Å². The van der Waals surface area contributed by atoms with Crippen LogP contribution in [0.15, 0.2) is 11.1 Å². The van der Waals surface area contributed by atoms with Gasteiger partial charge in [0.2, 0.25) is 5.91 Å². The molecule has 1 amide bonds. The van der Waals surface area contributed by atoms with Crippen molar-refractivity contribution in [1.29, 1.82) is 0 Å². The van der Waals surface area contributed by atoms with Crippen molar-refractivity contribution in [2.45, 2.75) is 47.1 Å². The summed E-state index contributed by atoms with van der Waals surface area (Å²) in [7, 11) is -4.12. The summed E-state index contributed by atoms with van der Waals surface area (Å²) < 4.78 is 30.5. The molecule has 0 aliphatic carbocycles. The third-order valence-electron chi connectivity index (χ3n) is 2.36. The summed E-state index contributed by atoms with van der Waals surface area (Å²) in [6, 6.07) is 0. The van der Waals surface area contributed by atoms with Crippen molar-refractivity contribution >= 4 is 16.0 Å². The van der Waals surface area contributed by atoms with Gasteiger partial charge in [0.15, 0.2) is 0 Å². The summed E-state index contributed by atoms with van der Waals surface area (Å²) in [5.74, 6) is -0.755. The summed E-state index contributed by atoms with van der Waals surface area (Å²) in [6.45, 7) is 10.6. The average Bonchev–Trinajstić information content (AvgIpc) is 1.93. The van der Waals surface area contributed by atoms with E-state index in [1.54, 1.807) is 13.8 Å². The molecular formula is C12H23NO4S. The van der Waals surface area contributed by atoms with E-state index in [4.69, 9.17) is 4.55 Å². The molecule has 0 aliphatic rings. The molecule has 0 aromatic heterocycles.